The zero-order chi connectivity index (χ0) is 13.2. The molecule has 2 aromatic heterocycles. The highest BCUT2D eigenvalue weighted by molar-refractivity contribution is 5.73. The summed E-state index contributed by atoms with van der Waals surface area (Å²) in [5, 5.41) is 0.749. The van der Waals surface area contributed by atoms with E-state index in [0.29, 0.717) is 11.2 Å². The molecule has 2 heterocycles. The second-order valence-corrected chi connectivity index (χ2v) is 4.15. The topological polar surface area (TPSA) is 47.8 Å². The van der Waals surface area contributed by atoms with Crippen LogP contribution in [0, 0.1) is 5.82 Å². The van der Waals surface area contributed by atoms with Crippen molar-refractivity contribution in [3.63, 3.8) is 0 Å². The zero-order valence-corrected chi connectivity index (χ0v) is 9.95. The Hall–Kier alpha value is -2.56. The molecule has 0 aliphatic rings. The minimum absolute atomic E-state index is 0.153. The van der Waals surface area contributed by atoms with Crippen LogP contribution in [0.4, 0.5) is 4.39 Å². The standard InChI is InChI=1S/C14H10FN3O/c15-12-4-2-1-3-11(12)8-18-13(19)6-5-10-7-16-9-17-14(10)18/h1-7,9H,8H2. The van der Waals surface area contributed by atoms with E-state index < -0.39 is 0 Å². The van der Waals surface area contributed by atoms with Gasteiger partial charge in [0.2, 0.25) is 0 Å². The molecule has 94 valence electrons. The Bertz CT molecular complexity index is 798. The van der Waals surface area contributed by atoms with Crippen LogP contribution in [0.25, 0.3) is 11.0 Å². The molecule has 0 atom stereocenters. The monoisotopic (exact) mass is 255 g/mol. The predicted octanol–water partition coefficient (Wildman–Crippen LogP) is 1.98. The number of aromatic nitrogens is 3. The Kier molecular flexibility index (Phi) is 2.79. The zero-order valence-electron chi connectivity index (χ0n) is 9.95. The first-order chi connectivity index (χ1) is 9.25. The number of halogens is 1. The molecule has 4 nitrogen and oxygen atoms in total. The van der Waals surface area contributed by atoms with E-state index in [1.54, 1.807) is 30.5 Å². The van der Waals surface area contributed by atoms with Gasteiger partial charge in [0.25, 0.3) is 5.56 Å². The first kappa shape index (κ1) is 11.5. The lowest BCUT2D eigenvalue weighted by atomic mass is 10.2. The van der Waals surface area contributed by atoms with Crippen LogP contribution in [-0.2, 0) is 6.54 Å². The highest BCUT2D eigenvalue weighted by Gasteiger charge is 2.07. The Labute approximate surface area is 108 Å². The van der Waals surface area contributed by atoms with Crippen molar-refractivity contribution in [2.24, 2.45) is 0 Å². The number of hydrogen-bond acceptors (Lipinski definition) is 3. The van der Waals surface area contributed by atoms with Crippen molar-refractivity contribution >= 4 is 11.0 Å². The molecule has 0 aliphatic carbocycles. The lowest BCUT2D eigenvalue weighted by Gasteiger charge is -2.09. The minimum atomic E-state index is -0.333. The van der Waals surface area contributed by atoms with Gasteiger partial charge in [-0.15, -0.1) is 0 Å². The van der Waals surface area contributed by atoms with Crippen molar-refractivity contribution in [3.05, 3.63) is 70.7 Å². The van der Waals surface area contributed by atoms with Gasteiger partial charge in [-0.2, -0.15) is 0 Å². The Morgan fingerprint density at radius 1 is 1.16 bits per heavy atom. The van der Waals surface area contributed by atoms with Crippen LogP contribution >= 0.6 is 0 Å². The minimum Gasteiger partial charge on any atom is -0.288 e. The fourth-order valence-corrected chi connectivity index (χ4v) is 1.98. The third-order valence-electron chi connectivity index (χ3n) is 2.93. The van der Waals surface area contributed by atoms with Crippen LogP contribution in [0.2, 0.25) is 0 Å². The van der Waals surface area contributed by atoms with Crippen LogP contribution in [-0.4, -0.2) is 14.5 Å². The van der Waals surface area contributed by atoms with Gasteiger partial charge in [-0.05, 0) is 12.1 Å². The van der Waals surface area contributed by atoms with Gasteiger partial charge in [-0.3, -0.25) is 9.36 Å². The second-order valence-electron chi connectivity index (χ2n) is 4.15. The van der Waals surface area contributed by atoms with Gasteiger partial charge in [0.15, 0.2) is 0 Å². The average Bonchev–Trinajstić information content (AvgIpc) is 2.44. The molecule has 0 saturated heterocycles. The Morgan fingerprint density at radius 3 is 2.84 bits per heavy atom. The molecule has 0 spiro atoms. The summed E-state index contributed by atoms with van der Waals surface area (Å²) in [7, 11) is 0. The van der Waals surface area contributed by atoms with E-state index in [1.165, 1.54) is 23.0 Å². The van der Waals surface area contributed by atoms with E-state index in [1.807, 2.05) is 0 Å². The molecule has 0 fully saturated rings. The van der Waals surface area contributed by atoms with Gasteiger partial charge in [0, 0.05) is 23.2 Å². The molecular weight excluding hydrogens is 245 g/mol. The molecule has 19 heavy (non-hydrogen) atoms. The van der Waals surface area contributed by atoms with Crippen LogP contribution in [0.3, 0.4) is 0 Å². The fourth-order valence-electron chi connectivity index (χ4n) is 1.98. The lowest BCUT2D eigenvalue weighted by molar-refractivity contribution is 0.599. The van der Waals surface area contributed by atoms with Gasteiger partial charge in [0.1, 0.15) is 17.8 Å². The third-order valence-corrected chi connectivity index (χ3v) is 2.93. The van der Waals surface area contributed by atoms with Crippen molar-refractivity contribution in [1.29, 1.82) is 0 Å². The fraction of sp³-hybridized carbons (Fsp3) is 0.0714. The molecule has 5 heteroatoms. The average molecular weight is 255 g/mol. The Morgan fingerprint density at radius 2 is 2.00 bits per heavy atom. The molecule has 1 aromatic carbocycles. The number of nitrogens with zero attached hydrogens (tertiary/aromatic N) is 3. The lowest BCUT2D eigenvalue weighted by Crippen LogP contribution is -2.21. The van der Waals surface area contributed by atoms with Crippen LogP contribution in [0.5, 0.6) is 0 Å². The van der Waals surface area contributed by atoms with Gasteiger partial charge in [0.05, 0.1) is 6.54 Å². The normalized spacial score (nSPS) is 10.8. The SMILES string of the molecule is O=c1ccc2cncnc2n1Cc1ccccc1F. The highest BCUT2D eigenvalue weighted by atomic mass is 19.1. The van der Waals surface area contributed by atoms with Gasteiger partial charge in [-0.1, -0.05) is 18.2 Å². The van der Waals surface area contributed by atoms with Crippen molar-refractivity contribution < 1.29 is 4.39 Å². The number of fused-ring (bicyclic) bond motifs is 1. The molecule has 0 radical (unpaired) electrons. The largest absolute Gasteiger partial charge is 0.288 e. The first-order valence-electron chi connectivity index (χ1n) is 5.79. The van der Waals surface area contributed by atoms with E-state index >= 15 is 0 Å². The van der Waals surface area contributed by atoms with Crippen molar-refractivity contribution in [1.82, 2.24) is 14.5 Å². The molecule has 0 unspecified atom stereocenters. The maximum atomic E-state index is 13.7. The molecule has 3 rings (SSSR count). The second kappa shape index (κ2) is 4.61. The summed E-state index contributed by atoms with van der Waals surface area (Å²) >= 11 is 0. The molecule has 0 amide bonds. The summed E-state index contributed by atoms with van der Waals surface area (Å²) in [5.41, 5.74) is 0.746. The number of pyridine rings is 1. The van der Waals surface area contributed by atoms with Crippen LogP contribution < -0.4 is 5.56 Å². The number of benzene rings is 1. The predicted molar refractivity (Wildman–Crippen MR) is 69.3 cm³/mol. The first-order valence-corrected chi connectivity index (χ1v) is 5.79. The molecule has 3 aromatic rings. The van der Waals surface area contributed by atoms with Crippen molar-refractivity contribution in [2.45, 2.75) is 6.54 Å². The van der Waals surface area contributed by atoms with Crippen LogP contribution in [0.15, 0.2) is 53.7 Å². The maximum absolute atomic E-state index is 13.7. The maximum Gasteiger partial charge on any atom is 0.252 e. The molecule has 0 aliphatic heterocycles. The summed E-state index contributed by atoms with van der Waals surface area (Å²) in [6, 6.07) is 9.49. The van der Waals surface area contributed by atoms with E-state index in [4.69, 9.17) is 0 Å². The Balaban J connectivity index is 2.18. The smallest absolute Gasteiger partial charge is 0.252 e. The van der Waals surface area contributed by atoms with E-state index in [-0.39, 0.29) is 17.9 Å². The summed E-state index contributed by atoms with van der Waals surface area (Å²) in [6.45, 7) is 0.153. The van der Waals surface area contributed by atoms with E-state index in [9.17, 15) is 9.18 Å². The quantitative estimate of drug-likeness (QED) is 0.703. The van der Waals surface area contributed by atoms with Gasteiger partial charge in [-0.25, -0.2) is 14.4 Å². The highest BCUT2D eigenvalue weighted by Crippen LogP contribution is 2.11. The summed E-state index contributed by atoms with van der Waals surface area (Å²) < 4.78 is 15.1. The molecule has 0 saturated carbocycles. The van der Waals surface area contributed by atoms with E-state index in [2.05, 4.69) is 9.97 Å². The molecule has 0 N–H and O–H groups in total. The number of hydrogen-bond donors (Lipinski definition) is 0. The molecule has 0 bridgehead atoms. The van der Waals surface area contributed by atoms with Gasteiger partial charge >= 0.3 is 0 Å². The molecular formula is C14H10FN3O. The van der Waals surface area contributed by atoms with Crippen molar-refractivity contribution in [3.8, 4) is 0 Å². The summed E-state index contributed by atoms with van der Waals surface area (Å²) in [5.74, 6) is -0.333. The number of rotatable bonds is 2. The van der Waals surface area contributed by atoms with Crippen molar-refractivity contribution in [2.75, 3.05) is 0 Å². The third kappa shape index (κ3) is 2.10. The van der Waals surface area contributed by atoms with Gasteiger partial charge < -0.3 is 0 Å². The van der Waals surface area contributed by atoms with E-state index in [0.717, 1.165) is 5.39 Å². The summed E-state index contributed by atoms with van der Waals surface area (Å²) in [4.78, 5) is 19.9. The summed E-state index contributed by atoms with van der Waals surface area (Å²) in [6.07, 6.45) is 3.00. The van der Waals surface area contributed by atoms with Crippen LogP contribution in [0.1, 0.15) is 5.56 Å².